The van der Waals surface area contributed by atoms with Crippen LogP contribution in [0, 0.1) is 6.92 Å². The lowest BCUT2D eigenvalue weighted by atomic mass is 9.97. The maximum Gasteiger partial charge on any atom is 0.213 e. The Kier molecular flexibility index (Phi) is 5.09. The highest BCUT2D eigenvalue weighted by atomic mass is 16.5. The molecule has 2 atom stereocenters. The molecule has 5 heteroatoms. The number of nitrogens with zero attached hydrogens (tertiary/aromatic N) is 1. The number of hydrogen-bond donors (Lipinski definition) is 2. The lowest BCUT2D eigenvalue weighted by Crippen LogP contribution is -2.48. The third-order valence-corrected chi connectivity index (χ3v) is 5.17. The molecule has 138 valence electrons. The van der Waals surface area contributed by atoms with Crippen LogP contribution in [0.2, 0.25) is 0 Å². The average Bonchev–Trinajstić information content (AvgIpc) is 3.03. The minimum atomic E-state index is 0.146. The molecule has 1 aliphatic heterocycles. The summed E-state index contributed by atoms with van der Waals surface area (Å²) in [4.78, 5) is 4.72. The van der Waals surface area contributed by atoms with Crippen LogP contribution in [0.5, 0.6) is 5.75 Å². The van der Waals surface area contributed by atoms with Gasteiger partial charge in [0.15, 0.2) is 0 Å². The first-order valence-corrected chi connectivity index (χ1v) is 9.55. The molecule has 0 bridgehead atoms. The van der Waals surface area contributed by atoms with Crippen LogP contribution < -0.4 is 15.4 Å². The molecule has 0 spiro atoms. The van der Waals surface area contributed by atoms with E-state index in [0.717, 1.165) is 55.4 Å². The Morgan fingerprint density at radius 2 is 2.19 bits per heavy atom. The summed E-state index contributed by atoms with van der Waals surface area (Å²) in [6.45, 7) is 6.55. The Balaban J connectivity index is 1.38. The molecule has 2 unspecified atom stereocenters. The van der Waals surface area contributed by atoms with E-state index in [-0.39, 0.29) is 6.04 Å². The fraction of sp³-hybridized carbons (Fsp3) is 0.476. The Morgan fingerprint density at radius 3 is 3.04 bits per heavy atom. The summed E-state index contributed by atoms with van der Waals surface area (Å²) in [6, 6.07) is 6.91. The topological polar surface area (TPSA) is 59.3 Å². The predicted octanol–water partition coefficient (Wildman–Crippen LogP) is 3.19. The van der Waals surface area contributed by atoms with Gasteiger partial charge in [0.05, 0.1) is 18.3 Å². The lowest BCUT2D eigenvalue weighted by molar-refractivity contribution is 0.312. The van der Waals surface area contributed by atoms with Crippen molar-refractivity contribution in [3.8, 4) is 5.75 Å². The molecule has 1 aliphatic carbocycles. The Bertz CT molecular complexity index is 789. The normalized spacial score (nSPS) is 22.2. The highest BCUT2D eigenvalue weighted by Gasteiger charge is 2.23. The van der Waals surface area contributed by atoms with Gasteiger partial charge in [0.1, 0.15) is 11.5 Å². The zero-order valence-corrected chi connectivity index (χ0v) is 15.5. The van der Waals surface area contributed by atoms with E-state index in [4.69, 9.17) is 14.1 Å². The molecular formula is C21H27N3O2. The SMILES string of the molecule is Cc1oc(C2CNC(C)CN2)nc1CCOc1cccc2c1CCC=C2. The van der Waals surface area contributed by atoms with Crippen LogP contribution in [0.15, 0.2) is 28.7 Å². The van der Waals surface area contributed by atoms with E-state index in [1.807, 2.05) is 6.92 Å². The molecular weight excluding hydrogens is 326 g/mol. The largest absolute Gasteiger partial charge is 0.493 e. The third kappa shape index (κ3) is 3.69. The van der Waals surface area contributed by atoms with Crippen molar-refractivity contribution in [2.45, 2.75) is 45.2 Å². The van der Waals surface area contributed by atoms with Gasteiger partial charge < -0.3 is 19.8 Å². The Morgan fingerprint density at radius 1 is 1.27 bits per heavy atom. The maximum absolute atomic E-state index is 6.09. The van der Waals surface area contributed by atoms with Crippen molar-refractivity contribution in [2.24, 2.45) is 0 Å². The van der Waals surface area contributed by atoms with Crippen molar-refractivity contribution in [3.63, 3.8) is 0 Å². The third-order valence-electron chi connectivity index (χ3n) is 5.17. The summed E-state index contributed by atoms with van der Waals surface area (Å²) in [5.41, 5.74) is 3.59. The van der Waals surface area contributed by atoms with Crippen LogP contribution in [0.1, 0.15) is 47.9 Å². The number of aryl methyl sites for hydroxylation is 1. The Labute approximate surface area is 154 Å². The molecule has 2 heterocycles. The second-order valence-electron chi connectivity index (χ2n) is 7.19. The first-order valence-electron chi connectivity index (χ1n) is 9.55. The number of piperazine rings is 1. The van der Waals surface area contributed by atoms with Gasteiger partial charge in [-0.3, -0.25) is 0 Å². The highest BCUT2D eigenvalue weighted by molar-refractivity contribution is 5.60. The molecule has 2 aliphatic rings. The summed E-state index contributed by atoms with van der Waals surface area (Å²) < 4.78 is 12.0. The van der Waals surface area contributed by atoms with Crippen LogP contribution >= 0.6 is 0 Å². The lowest BCUT2D eigenvalue weighted by Gasteiger charge is -2.26. The predicted molar refractivity (Wildman–Crippen MR) is 102 cm³/mol. The van der Waals surface area contributed by atoms with Crippen molar-refractivity contribution in [1.29, 1.82) is 0 Å². The first-order chi connectivity index (χ1) is 12.7. The number of ether oxygens (including phenoxy) is 1. The second-order valence-corrected chi connectivity index (χ2v) is 7.19. The number of aromatic nitrogens is 1. The van der Waals surface area contributed by atoms with Gasteiger partial charge >= 0.3 is 0 Å². The fourth-order valence-electron chi connectivity index (χ4n) is 3.63. The van der Waals surface area contributed by atoms with Gasteiger partial charge in [-0.2, -0.15) is 0 Å². The maximum atomic E-state index is 6.09. The summed E-state index contributed by atoms with van der Waals surface area (Å²) in [5, 5.41) is 6.95. The summed E-state index contributed by atoms with van der Waals surface area (Å²) in [7, 11) is 0. The van der Waals surface area contributed by atoms with Gasteiger partial charge in [-0.25, -0.2) is 4.98 Å². The summed E-state index contributed by atoms with van der Waals surface area (Å²) in [5.74, 6) is 2.67. The zero-order valence-electron chi connectivity index (χ0n) is 15.5. The fourth-order valence-corrected chi connectivity index (χ4v) is 3.63. The minimum absolute atomic E-state index is 0.146. The molecule has 1 aromatic heterocycles. The van der Waals surface area contributed by atoms with E-state index in [0.29, 0.717) is 12.6 Å². The van der Waals surface area contributed by atoms with E-state index < -0.39 is 0 Å². The molecule has 0 saturated carbocycles. The molecule has 1 fully saturated rings. The summed E-state index contributed by atoms with van der Waals surface area (Å²) in [6.07, 6.45) is 7.30. The van der Waals surface area contributed by atoms with Gasteiger partial charge in [-0.1, -0.05) is 24.3 Å². The van der Waals surface area contributed by atoms with Crippen LogP contribution in [-0.2, 0) is 12.8 Å². The molecule has 1 aromatic carbocycles. The monoisotopic (exact) mass is 353 g/mol. The van der Waals surface area contributed by atoms with Crippen molar-refractivity contribution in [2.75, 3.05) is 19.7 Å². The quantitative estimate of drug-likeness (QED) is 0.864. The molecule has 5 nitrogen and oxygen atoms in total. The number of nitrogens with one attached hydrogen (secondary N) is 2. The van der Waals surface area contributed by atoms with E-state index in [2.05, 4.69) is 47.9 Å². The molecule has 4 rings (SSSR count). The standard InChI is InChI=1S/C21H27N3O2/c1-14-12-23-19(13-22-14)21-24-18(15(2)26-21)10-11-25-20-9-5-7-16-6-3-4-8-17(16)20/h3,5-7,9,14,19,22-23H,4,8,10-13H2,1-2H3. The highest BCUT2D eigenvalue weighted by Crippen LogP contribution is 2.28. The van der Waals surface area contributed by atoms with Crippen LogP contribution in [0.4, 0.5) is 0 Å². The molecule has 2 aromatic rings. The van der Waals surface area contributed by atoms with Crippen molar-refractivity contribution >= 4 is 6.08 Å². The van der Waals surface area contributed by atoms with Gasteiger partial charge in [0, 0.05) is 31.1 Å². The van der Waals surface area contributed by atoms with Crippen LogP contribution in [-0.4, -0.2) is 30.7 Å². The molecule has 0 amide bonds. The van der Waals surface area contributed by atoms with Crippen molar-refractivity contribution in [1.82, 2.24) is 15.6 Å². The minimum Gasteiger partial charge on any atom is -0.493 e. The number of allylic oxidation sites excluding steroid dienone is 1. The number of rotatable bonds is 5. The van der Waals surface area contributed by atoms with Crippen molar-refractivity contribution in [3.05, 3.63) is 52.7 Å². The van der Waals surface area contributed by atoms with Gasteiger partial charge in [0.25, 0.3) is 0 Å². The van der Waals surface area contributed by atoms with Crippen molar-refractivity contribution < 1.29 is 9.15 Å². The number of oxazole rings is 1. The van der Waals surface area contributed by atoms with Crippen LogP contribution in [0.25, 0.3) is 6.08 Å². The first kappa shape index (κ1) is 17.3. The molecule has 0 radical (unpaired) electrons. The van der Waals surface area contributed by atoms with E-state index in [9.17, 15) is 0 Å². The molecule has 26 heavy (non-hydrogen) atoms. The number of benzene rings is 1. The second kappa shape index (κ2) is 7.64. The number of hydrogen-bond acceptors (Lipinski definition) is 5. The Hall–Kier alpha value is -2.11. The van der Waals surface area contributed by atoms with Gasteiger partial charge in [0.2, 0.25) is 5.89 Å². The van der Waals surface area contributed by atoms with E-state index in [1.165, 1.54) is 11.1 Å². The van der Waals surface area contributed by atoms with Crippen LogP contribution in [0.3, 0.4) is 0 Å². The van der Waals surface area contributed by atoms with Gasteiger partial charge in [-0.15, -0.1) is 0 Å². The smallest absolute Gasteiger partial charge is 0.213 e. The van der Waals surface area contributed by atoms with E-state index in [1.54, 1.807) is 0 Å². The summed E-state index contributed by atoms with van der Waals surface area (Å²) >= 11 is 0. The zero-order chi connectivity index (χ0) is 17.9. The van der Waals surface area contributed by atoms with Gasteiger partial charge in [-0.05, 0) is 38.3 Å². The van der Waals surface area contributed by atoms with E-state index >= 15 is 0 Å². The molecule has 1 saturated heterocycles. The molecule has 2 N–H and O–H groups in total. The number of fused-ring (bicyclic) bond motifs is 1. The average molecular weight is 353 g/mol.